The van der Waals surface area contributed by atoms with Gasteiger partial charge in [-0.3, -0.25) is 4.79 Å². The summed E-state index contributed by atoms with van der Waals surface area (Å²) in [6.07, 6.45) is 0.473. The molecule has 0 aliphatic rings. The van der Waals surface area contributed by atoms with Crippen molar-refractivity contribution >= 4 is 5.91 Å². The average Bonchev–Trinajstić information content (AvgIpc) is 2.31. The van der Waals surface area contributed by atoms with Crippen LogP contribution in [0.3, 0.4) is 0 Å². The van der Waals surface area contributed by atoms with Gasteiger partial charge < -0.3 is 10.6 Å². The molecule has 1 atom stereocenters. The Morgan fingerprint density at radius 1 is 1.41 bits per heavy atom. The van der Waals surface area contributed by atoms with E-state index in [1.165, 1.54) is 5.56 Å². The molecule has 0 radical (unpaired) electrons. The highest BCUT2D eigenvalue weighted by atomic mass is 16.2. The second kappa shape index (κ2) is 6.40. The number of carbonyl (C=O) groups is 1. The summed E-state index contributed by atoms with van der Waals surface area (Å²) in [4.78, 5) is 13.8. The first kappa shape index (κ1) is 13.7. The van der Waals surface area contributed by atoms with E-state index < -0.39 is 0 Å². The zero-order chi connectivity index (χ0) is 12.8. The molecular weight excluding hydrogens is 212 g/mol. The van der Waals surface area contributed by atoms with Gasteiger partial charge in [0.25, 0.3) is 0 Å². The van der Waals surface area contributed by atoms with E-state index >= 15 is 0 Å². The molecule has 17 heavy (non-hydrogen) atoms. The summed E-state index contributed by atoms with van der Waals surface area (Å²) in [6.45, 7) is 5.42. The van der Waals surface area contributed by atoms with Gasteiger partial charge in [-0.25, -0.2) is 0 Å². The molecule has 0 aromatic heterocycles. The number of carbonyl (C=O) groups excluding carboxylic acids is 1. The molecule has 1 unspecified atom stereocenters. The number of nitrogens with two attached hydrogens (primary N) is 1. The van der Waals surface area contributed by atoms with Crippen molar-refractivity contribution in [1.29, 1.82) is 0 Å². The first-order valence-corrected chi connectivity index (χ1v) is 6.03. The average molecular weight is 234 g/mol. The molecule has 1 aromatic carbocycles. The molecule has 0 saturated heterocycles. The number of aryl methyl sites for hydroxylation is 1. The van der Waals surface area contributed by atoms with Gasteiger partial charge in [-0.2, -0.15) is 0 Å². The van der Waals surface area contributed by atoms with Crippen LogP contribution in [0, 0.1) is 12.8 Å². The van der Waals surface area contributed by atoms with Crippen LogP contribution in [0.2, 0.25) is 0 Å². The van der Waals surface area contributed by atoms with Gasteiger partial charge in [-0.15, -0.1) is 0 Å². The van der Waals surface area contributed by atoms with E-state index in [0.717, 1.165) is 12.1 Å². The molecule has 0 aliphatic carbocycles. The lowest BCUT2D eigenvalue weighted by atomic mass is 10.1. The van der Waals surface area contributed by atoms with Gasteiger partial charge in [-0.05, 0) is 30.5 Å². The van der Waals surface area contributed by atoms with Gasteiger partial charge in [0.1, 0.15) is 0 Å². The van der Waals surface area contributed by atoms with E-state index in [0.29, 0.717) is 18.9 Å². The third-order valence-electron chi connectivity index (χ3n) is 3.02. The molecule has 0 bridgehead atoms. The highest BCUT2D eigenvalue weighted by molar-refractivity contribution is 5.78. The van der Waals surface area contributed by atoms with E-state index in [1.54, 1.807) is 4.90 Å². The number of hydrogen-bond donors (Lipinski definition) is 1. The summed E-state index contributed by atoms with van der Waals surface area (Å²) in [5, 5.41) is 0. The Kier molecular flexibility index (Phi) is 5.16. The summed E-state index contributed by atoms with van der Waals surface area (Å²) >= 11 is 0. The fourth-order valence-electron chi connectivity index (χ4n) is 1.75. The maximum absolute atomic E-state index is 12.0. The summed E-state index contributed by atoms with van der Waals surface area (Å²) in [6, 6.07) is 8.00. The summed E-state index contributed by atoms with van der Waals surface area (Å²) in [5.41, 5.74) is 7.83. The molecule has 1 amide bonds. The van der Waals surface area contributed by atoms with Crippen molar-refractivity contribution in [3.05, 3.63) is 35.4 Å². The molecular formula is C14H22N2O. The Hall–Kier alpha value is -1.35. The van der Waals surface area contributed by atoms with Crippen LogP contribution in [-0.4, -0.2) is 30.9 Å². The smallest absolute Gasteiger partial charge is 0.226 e. The fraction of sp³-hybridized carbons (Fsp3) is 0.500. The molecule has 94 valence electrons. The number of rotatable bonds is 5. The van der Waals surface area contributed by atoms with Crippen molar-refractivity contribution in [2.24, 2.45) is 11.7 Å². The van der Waals surface area contributed by atoms with Crippen LogP contribution in [0.15, 0.2) is 24.3 Å². The summed E-state index contributed by atoms with van der Waals surface area (Å²) < 4.78 is 0. The predicted molar refractivity (Wildman–Crippen MR) is 70.7 cm³/mol. The van der Waals surface area contributed by atoms with E-state index in [1.807, 2.05) is 38.2 Å². The van der Waals surface area contributed by atoms with Crippen LogP contribution >= 0.6 is 0 Å². The van der Waals surface area contributed by atoms with Crippen LogP contribution in [0.25, 0.3) is 0 Å². The lowest BCUT2D eigenvalue weighted by Gasteiger charge is -2.21. The number of nitrogens with zero attached hydrogens (tertiary/aromatic N) is 1. The largest absolute Gasteiger partial charge is 0.345 e. The molecule has 0 saturated carbocycles. The minimum absolute atomic E-state index is 0.152. The van der Waals surface area contributed by atoms with Crippen LogP contribution in [0.4, 0.5) is 0 Å². The van der Waals surface area contributed by atoms with Gasteiger partial charge in [-0.1, -0.05) is 31.2 Å². The molecule has 3 nitrogen and oxygen atoms in total. The Balaban J connectivity index is 2.57. The molecule has 1 rings (SSSR count). The SMILES string of the molecule is Cc1ccccc1CC(=O)N(C)CC(C)CN. The van der Waals surface area contributed by atoms with Crippen molar-refractivity contribution in [3.63, 3.8) is 0 Å². The van der Waals surface area contributed by atoms with Crippen molar-refractivity contribution in [2.75, 3.05) is 20.1 Å². The molecule has 0 fully saturated rings. The van der Waals surface area contributed by atoms with E-state index in [-0.39, 0.29) is 5.91 Å². The summed E-state index contributed by atoms with van der Waals surface area (Å²) in [5.74, 6) is 0.500. The van der Waals surface area contributed by atoms with Crippen LogP contribution < -0.4 is 5.73 Å². The lowest BCUT2D eigenvalue weighted by Crippen LogP contribution is -2.34. The zero-order valence-electron chi connectivity index (χ0n) is 10.9. The molecule has 0 aliphatic heterocycles. The topological polar surface area (TPSA) is 46.3 Å². The lowest BCUT2D eigenvalue weighted by molar-refractivity contribution is -0.129. The Bertz CT molecular complexity index is 376. The van der Waals surface area contributed by atoms with Crippen molar-refractivity contribution in [3.8, 4) is 0 Å². The predicted octanol–water partition coefficient (Wildman–Crippen LogP) is 1.59. The van der Waals surface area contributed by atoms with E-state index in [9.17, 15) is 4.79 Å². The Labute approximate surface area is 104 Å². The van der Waals surface area contributed by atoms with Gasteiger partial charge in [0.05, 0.1) is 6.42 Å². The minimum atomic E-state index is 0.152. The number of benzene rings is 1. The third kappa shape index (κ3) is 4.19. The van der Waals surface area contributed by atoms with Crippen molar-refractivity contribution in [2.45, 2.75) is 20.3 Å². The van der Waals surface area contributed by atoms with E-state index in [4.69, 9.17) is 5.73 Å². The summed E-state index contributed by atoms with van der Waals surface area (Å²) in [7, 11) is 1.84. The maximum atomic E-state index is 12.0. The van der Waals surface area contributed by atoms with Crippen LogP contribution in [-0.2, 0) is 11.2 Å². The van der Waals surface area contributed by atoms with Crippen LogP contribution in [0.1, 0.15) is 18.1 Å². The van der Waals surface area contributed by atoms with Crippen molar-refractivity contribution in [1.82, 2.24) is 4.90 Å². The number of likely N-dealkylation sites (N-methyl/N-ethyl adjacent to an activating group) is 1. The van der Waals surface area contributed by atoms with Crippen molar-refractivity contribution < 1.29 is 4.79 Å². The van der Waals surface area contributed by atoms with Crippen LogP contribution in [0.5, 0.6) is 0 Å². The zero-order valence-corrected chi connectivity index (χ0v) is 10.9. The first-order chi connectivity index (χ1) is 8.04. The van der Waals surface area contributed by atoms with E-state index in [2.05, 4.69) is 6.92 Å². The molecule has 0 heterocycles. The molecule has 1 aromatic rings. The highest BCUT2D eigenvalue weighted by Gasteiger charge is 2.12. The molecule has 2 N–H and O–H groups in total. The monoisotopic (exact) mass is 234 g/mol. The fourth-order valence-corrected chi connectivity index (χ4v) is 1.75. The molecule has 0 spiro atoms. The Morgan fingerprint density at radius 2 is 2.06 bits per heavy atom. The van der Waals surface area contributed by atoms with Gasteiger partial charge >= 0.3 is 0 Å². The number of hydrogen-bond acceptors (Lipinski definition) is 2. The van der Waals surface area contributed by atoms with Gasteiger partial charge in [0.15, 0.2) is 0 Å². The van der Waals surface area contributed by atoms with Gasteiger partial charge in [0.2, 0.25) is 5.91 Å². The second-order valence-electron chi connectivity index (χ2n) is 4.72. The van der Waals surface area contributed by atoms with Gasteiger partial charge in [0, 0.05) is 13.6 Å². The standard InChI is InChI=1S/C14H22N2O/c1-11(9-15)10-16(3)14(17)8-13-7-5-4-6-12(13)2/h4-7,11H,8-10,15H2,1-3H3. The third-order valence-corrected chi connectivity index (χ3v) is 3.02. The minimum Gasteiger partial charge on any atom is -0.345 e. The Morgan fingerprint density at radius 3 is 2.65 bits per heavy atom. The number of amides is 1. The molecule has 3 heteroatoms. The maximum Gasteiger partial charge on any atom is 0.226 e. The second-order valence-corrected chi connectivity index (χ2v) is 4.72. The normalized spacial score (nSPS) is 12.2. The first-order valence-electron chi connectivity index (χ1n) is 6.03. The quantitative estimate of drug-likeness (QED) is 0.841. The highest BCUT2D eigenvalue weighted by Crippen LogP contribution is 2.09.